The largest absolute Gasteiger partial charge is 0.329 e. The molecule has 0 aliphatic carbocycles. The van der Waals surface area contributed by atoms with Gasteiger partial charge in [0.05, 0.1) is 5.69 Å². The molecule has 0 spiro atoms. The maximum atomic E-state index is 5.86. The SMILES string of the molecule is CC1CCN(Cc2ccc(Br)cn2)C(CN)C1. The van der Waals surface area contributed by atoms with Crippen LogP contribution < -0.4 is 5.73 Å². The van der Waals surface area contributed by atoms with E-state index < -0.39 is 0 Å². The van der Waals surface area contributed by atoms with Gasteiger partial charge in [0.1, 0.15) is 0 Å². The second-order valence-corrected chi connectivity index (χ2v) is 5.87. The lowest BCUT2D eigenvalue weighted by Gasteiger charge is -2.37. The van der Waals surface area contributed by atoms with E-state index >= 15 is 0 Å². The number of aromatic nitrogens is 1. The monoisotopic (exact) mass is 297 g/mol. The molecule has 2 N–H and O–H groups in total. The maximum absolute atomic E-state index is 5.86. The van der Waals surface area contributed by atoms with Gasteiger partial charge in [-0.1, -0.05) is 6.92 Å². The summed E-state index contributed by atoms with van der Waals surface area (Å²) in [5.41, 5.74) is 6.99. The van der Waals surface area contributed by atoms with Crippen LogP contribution in [0.3, 0.4) is 0 Å². The Morgan fingerprint density at radius 2 is 2.35 bits per heavy atom. The van der Waals surface area contributed by atoms with Crippen molar-refractivity contribution in [3.63, 3.8) is 0 Å². The molecular formula is C13H20BrN3. The lowest BCUT2D eigenvalue weighted by atomic mass is 9.92. The van der Waals surface area contributed by atoms with Crippen LogP contribution in [0.25, 0.3) is 0 Å². The van der Waals surface area contributed by atoms with Crippen LogP contribution in [0.5, 0.6) is 0 Å². The van der Waals surface area contributed by atoms with Crippen molar-refractivity contribution < 1.29 is 0 Å². The van der Waals surface area contributed by atoms with Crippen LogP contribution in [0.15, 0.2) is 22.8 Å². The van der Waals surface area contributed by atoms with E-state index in [1.54, 1.807) is 0 Å². The molecular weight excluding hydrogens is 278 g/mol. The van der Waals surface area contributed by atoms with E-state index in [0.29, 0.717) is 6.04 Å². The van der Waals surface area contributed by atoms with Crippen LogP contribution in [0.4, 0.5) is 0 Å². The highest BCUT2D eigenvalue weighted by Gasteiger charge is 2.25. The minimum absolute atomic E-state index is 0.518. The zero-order valence-corrected chi connectivity index (χ0v) is 11.9. The summed E-state index contributed by atoms with van der Waals surface area (Å²) >= 11 is 3.41. The second kappa shape index (κ2) is 5.94. The Morgan fingerprint density at radius 3 is 3.00 bits per heavy atom. The van der Waals surface area contributed by atoms with E-state index in [0.717, 1.165) is 35.7 Å². The second-order valence-electron chi connectivity index (χ2n) is 4.96. The predicted octanol–water partition coefficient (Wildman–Crippen LogP) is 2.40. The van der Waals surface area contributed by atoms with Crippen LogP contribution in [0.1, 0.15) is 25.5 Å². The Morgan fingerprint density at radius 1 is 1.53 bits per heavy atom. The molecule has 1 aliphatic heterocycles. The number of piperidine rings is 1. The summed E-state index contributed by atoms with van der Waals surface area (Å²) in [7, 11) is 0. The number of halogens is 1. The van der Waals surface area contributed by atoms with E-state index in [2.05, 4.69) is 38.8 Å². The first-order valence-electron chi connectivity index (χ1n) is 6.23. The maximum Gasteiger partial charge on any atom is 0.0544 e. The summed E-state index contributed by atoms with van der Waals surface area (Å²) in [5, 5.41) is 0. The fraction of sp³-hybridized carbons (Fsp3) is 0.615. The first kappa shape index (κ1) is 13.0. The molecule has 0 saturated carbocycles. The summed E-state index contributed by atoms with van der Waals surface area (Å²) in [4.78, 5) is 6.90. The predicted molar refractivity (Wildman–Crippen MR) is 73.6 cm³/mol. The van der Waals surface area contributed by atoms with Gasteiger partial charge in [-0.05, 0) is 53.4 Å². The number of hydrogen-bond donors (Lipinski definition) is 1. The Kier molecular flexibility index (Phi) is 4.54. The first-order valence-corrected chi connectivity index (χ1v) is 7.03. The summed E-state index contributed by atoms with van der Waals surface area (Å²) in [6.07, 6.45) is 4.35. The van der Waals surface area contributed by atoms with Gasteiger partial charge < -0.3 is 5.73 Å². The number of likely N-dealkylation sites (tertiary alicyclic amines) is 1. The highest BCUT2D eigenvalue weighted by atomic mass is 79.9. The van der Waals surface area contributed by atoms with Gasteiger partial charge in [0.25, 0.3) is 0 Å². The third kappa shape index (κ3) is 3.50. The van der Waals surface area contributed by atoms with Gasteiger partial charge in [0, 0.05) is 29.8 Å². The minimum Gasteiger partial charge on any atom is -0.329 e. The van der Waals surface area contributed by atoms with Crippen molar-refractivity contribution in [1.82, 2.24) is 9.88 Å². The zero-order chi connectivity index (χ0) is 12.3. The zero-order valence-electron chi connectivity index (χ0n) is 10.3. The topological polar surface area (TPSA) is 42.2 Å². The molecule has 0 radical (unpaired) electrons. The van der Waals surface area contributed by atoms with Crippen LogP contribution in [-0.4, -0.2) is 29.0 Å². The molecule has 1 aliphatic rings. The molecule has 2 rings (SSSR count). The fourth-order valence-corrected chi connectivity index (χ4v) is 2.70. The highest BCUT2D eigenvalue weighted by molar-refractivity contribution is 9.10. The van der Waals surface area contributed by atoms with E-state index in [9.17, 15) is 0 Å². The van der Waals surface area contributed by atoms with Crippen LogP contribution >= 0.6 is 15.9 Å². The van der Waals surface area contributed by atoms with Crippen molar-refractivity contribution in [1.29, 1.82) is 0 Å². The molecule has 94 valence electrons. The number of hydrogen-bond acceptors (Lipinski definition) is 3. The molecule has 17 heavy (non-hydrogen) atoms. The lowest BCUT2D eigenvalue weighted by molar-refractivity contribution is 0.114. The molecule has 1 aromatic rings. The fourth-order valence-electron chi connectivity index (χ4n) is 2.46. The van der Waals surface area contributed by atoms with Crippen LogP contribution in [-0.2, 0) is 6.54 Å². The van der Waals surface area contributed by atoms with Gasteiger partial charge in [0.2, 0.25) is 0 Å². The lowest BCUT2D eigenvalue weighted by Crippen LogP contribution is -2.45. The van der Waals surface area contributed by atoms with Gasteiger partial charge in [-0.3, -0.25) is 9.88 Å². The Balaban J connectivity index is 1.99. The van der Waals surface area contributed by atoms with Gasteiger partial charge in [0.15, 0.2) is 0 Å². The smallest absolute Gasteiger partial charge is 0.0544 e. The molecule has 2 atom stereocenters. The first-order chi connectivity index (χ1) is 8.19. The Bertz CT molecular complexity index is 352. The molecule has 4 heteroatoms. The summed E-state index contributed by atoms with van der Waals surface area (Å²) in [5.74, 6) is 0.803. The van der Waals surface area contributed by atoms with E-state index in [4.69, 9.17) is 5.73 Å². The van der Waals surface area contributed by atoms with E-state index in [1.807, 2.05) is 12.3 Å². The van der Waals surface area contributed by atoms with Crippen molar-refractivity contribution in [3.05, 3.63) is 28.5 Å². The molecule has 1 saturated heterocycles. The number of pyridine rings is 1. The molecule has 0 bridgehead atoms. The summed E-state index contributed by atoms with van der Waals surface area (Å²) < 4.78 is 1.03. The van der Waals surface area contributed by atoms with Crippen LogP contribution in [0, 0.1) is 5.92 Å². The molecule has 3 nitrogen and oxygen atoms in total. The van der Waals surface area contributed by atoms with E-state index in [1.165, 1.54) is 12.8 Å². The average molecular weight is 298 g/mol. The quantitative estimate of drug-likeness (QED) is 0.932. The molecule has 2 heterocycles. The van der Waals surface area contributed by atoms with Gasteiger partial charge in [-0.15, -0.1) is 0 Å². The third-order valence-corrected chi connectivity index (χ3v) is 3.99. The Labute approximate surface area is 112 Å². The highest BCUT2D eigenvalue weighted by Crippen LogP contribution is 2.23. The van der Waals surface area contributed by atoms with Crippen molar-refractivity contribution in [2.24, 2.45) is 11.7 Å². The Hall–Kier alpha value is -0.450. The van der Waals surface area contributed by atoms with Gasteiger partial charge in [-0.25, -0.2) is 0 Å². The van der Waals surface area contributed by atoms with Gasteiger partial charge >= 0.3 is 0 Å². The molecule has 0 aromatic carbocycles. The normalized spacial score (nSPS) is 26.1. The van der Waals surface area contributed by atoms with E-state index in [-0.39, 0.29) is 0 Å². The summed E-state index contributed by atoms with van der Waals surface area (Å²) in [6.45, 7) is 5.13. The van der Waals surface area contributed by atoms with Crippen LogP contribution in [0.2, 0.25) is 0 Å². The van der Waals surface area contributed by atoms with Crippen molar-refractivity contribution in [2.75, 3.05) is 13.1 Å². The van der Waals surface area contributed by atoms with Crippen molar-refractivity contribution >= 4 is 15.9 Å². The molecule has 1 aromatic heterocycles. The standard InChI is InChI=1S/C13H20BrN3/c1-10-4-5-17(13(6-10)7-15)9-12-3-2-11(14)8-16-12/h2-3,8,10,13H,4-7,9,15H2,1H3. The number of nitrogens with zero attached hydrogens (tertiary/aromatic N) is 2. The summed E-state index contributed by atoms with van der Waals surface area (Å²) in [6, 6.07) is 4.64. The number of nitrogens with two attached hydrogens (primary N) is 1. The van der Waals surface area contributed by atoms with Gasteiger partial charge in [-0.2, -0.15) is 0 Å². The van der Waals surface area contributed by atoms with Crippen molar-refractivity contribution in [2.45, 2.75) is 32.4 Å². The molecule has 0 amide bonds. The average Bonchev–Trinajstić information content (AvgIpc) is 2.34. The number of rotatable bonds is 3. The molecule has 1 fully saturated rings. The van der Waals surface area contributed by atoms with Crippen molar-refractivity contribution in [3.8, 4) is 0 Å². The molecule has 2 unspecified atom stereocenters. The third-order valence-electron chi connectivity index (χ3n) is 3.53. The minimum atomic E-state index is 0.518.